The molecule has 1 aliphatic rings. The second-order valence-electron chi connectivity index (χ2n) is 6.83. The average molecular weight is 382 g/mol. The number of carbonyl (C=O) groups is 2. The number of hydrogen-bond acceptors (Lipinski definition) is 5. The lowest BCUT2D eigenvalue weighted by atomic mass is 10.0. The summed E-state index contributed by atoms with van der Waals surface area (Å²) >= 11 is 0. The first kappa shape index (κ1) is 19.7. The van der Waals surface area contributed by atoms with E-state index in [1.54, 1.807) is 30.3 Å². The highest BCUT2D eigenvalue weighted by molar-refractivity contribution is 5.96. The van der Waals surface area contributed by atoms with Crippen molar-refractivity contribution in [1.29, 1.82) is 0 Å². The van der Waals surface area contributed by atoms with Crippen LogP contribution in [0.4, 0.5) is 11.4 Å². The Morgan fingerprint density at radius 1 is 0.893 bits per heavy atom. The molecule has 0 aromatic heterocycles. The molecule has 0 saturated carbocycles. The monoisotopic (exact) mass is 382 g/mol. The summed E-state index contributed by atoms with van der Waals surface area (Å²) < 4.78 is 11.0. The molecule has 2 aromatic carbocycles. The smallest absolute Gasteiger partial charge is 0.224 e. The third-order valence-corrected chi connectivity index (χ3v) is 4.66. The maximum Gasteiger partial charge on any atom is 0.224 e. The molecule has 3 N–H and O–H groups in total. The number of Topliss-reactive ketones (excluding diaryl/α,β-unsaturated/α-hetero) is 1. The van der Waals surface area contributed by atoms with E-state index in [0.717, 1.165) is 25.7 Å². The van der Waals surface area contributed by atoms with Crippen molar-refractivity contribution in [2.45, 2.75) is 38.5 Å². The number of fused-ring (bicyclic) bond motifs is 1. The molecule has 0 spiro atoms. The molecule has 28 heavy (non-hydrogen) atoms. The highest BCUT2D eigenvalue weighted by Gasteiger charge is 2.14. The Bertz CT molecular complexity index is 835. The number of nitrogens with one attached hydrogen (secondary N) is 1. The Hall–Kier alpha value is -3.02. The van der Waals surface area contributed by atoms with Gasteiger partial charge >= 0.3 is 0 Å². The molecule has 0 atom stereocenters. The topological polar surface area (TPSA) is 90.7 Å². The molecule has 3 rings (SSSR count). The number of nitrogen functional groups attached to an aromatic ring is 1. The number of nitrogens with two attached hydrogens (primary N) is 1. The van der Waals surface area contributed by atoms with E-state index in [-0.39, 0.29) is 11.7 Å². The molecule has 1 heterocycles. The molecule has 0 saturated heterocycles. The largest absolute Gasteiger partial charge is 0.486 e. The van der Waals surface area contributed by atoms with Crippen molar-refractivity contribution in [2.75, 3.05) is 24.3 Å². The molecule has 0 fully saturated rings. The van der Waals surface area contributed by atoms with Crippen LogP contribution in [0.5, 0.6) is 11.5 Å². The fraction of sp³-hybridized carbons (Fsp3) is 0.364. The van der Waals surface area contributed by atoms with Crippen molar-refractivity contribution in [1.82, 2.24) is 0 Å². The molecule has 0 radical (unpaired) electrons. The maximum atomic E-state index is 12.3. The second kappa shape index (κ2) is 9.78. The van der Waals surface area contributed by atoms with Crippen LogP contribution in [0, 0.1) is 0 Å². The van der Waals surface area contributed by atoms with E-state index in [9.17, 15) is 9.59 Å². The average Bonchev–Trinajstić information content (AvgIpc) is 2.71. The van der Waals surface area contributed by atoms with Crippen molar-refractivity contribution in [3.8, 4) is 11.5 Å². The summed E-state index contributed by atoms with van der Waals surface area (Å²) in [6.45, 7) is 1.05. The summed E-state index contributed by atoms with van der Waals surface area (Å²) in [5, 5.41) is 2.83. The first-order chi connectivity index (χ1) is 13.6. The van der Waals surface area contributed by atoms with Crippen LogP contribution in [0.2, 0.25) is 0 Å². The Labute approximate surface area is 165 Å². The van der Waals surface area contributed by atoms with Gasteiger partial charge in [0.2, 0.25) is 5.91 Å². The molecule has 0 unspecified atom stereocenters. The number of anilines is 2. The van der Waals surface area contributed by atoms with Crippen molar-refractivity contribution in [2.24, 2.45) is 0 Å². The first-order valence-electron chi connectivity index (χ1n) is 9.71. The van der Waals surface area contributed by atoms with Crippen LogP contribution in [0.15, 0.2) is 42.5 Å². The lowest BCUT2D eigenvalue weighted by molar-refractivity contribution is -0.116. The summed E-state index contributed by atoms with van der Waals surface area (Å²) in [6.07, 6.45) is 4.36. The van der Waals surface area contributed by atoms with Crippen LogP contribution in [-0.2, 0) is 4.79 Å². The van der Waals surface area contributed by atoms with E-state index in [4.69, 9.17) is 15.2 Å². The maximum absolute atomic E-state index is 12.3. The van der Waals surface area contributed by atoms with E-state index in [2.05, 4.69) is 5.32 Å². The minimum atomic E-state index is -0.0368. The van der Waals surface area contributed by atoms with E-state index in [1.807, 2.05) is 12.1 Å². The van der Waals surface area contributed by atoms with Crippen molar-refractivity contribution < 1.29 is 19.1 Å². The van der Waals surface area contributed by atoms with Gasteiger partial charge in [-0.1, -0.05) is 25.0 Å². The van der Waals surface area contributed by atoms with Gasteiger partial charge in [-0.15, -0.1) is 0 Å². The Kier molecular flexibility index (Phi) is 6.89. The van der Waals surface area contributed by atoms with Gasteiger partial charge in [0.15, 0.2) is 17.3 Å². The molecular weight excluding hydrogens is 356 g/mol. The predicted octanol–water partition coefficient (Wildman–Crippen LogP) is 4.20. The van der Waals surface area contributed by atoms with Crippen LogP contribution < -0.4 is 20.5 Å². The number of benzene rings is 2. The Balaban J connectivity index is 1.32. The van der Waals surface area contributed by atoms with Crippen molar-refractivity contribution in [3.05, 3.63) is 48.0 Å². The molecule has 1 amide bonds. The fourth-order valence-corrected chi connectivity index (χ4v) is 3.11. The van der Waals surface area contributed by atoms with Crippen molar-refractivity contribution in [3.63, 3.8) is 0 Å². The minimum absolute atomic E-state index is 0.0368. The van der Waals surface area contributed by atoms with Gasteiger partial charge in [0.05, 0.1) is 11.4 Å². The van der Waals surface area contributed by atoms with Crippen LogP contribution in [0.1, 0.15) is 48.9 Å². The summed E-state index contributed by atoms with van der Waals surface area (Å²) in [5.74, 6) is 1.40. The molecule has 6 heteroatoms. The molecule has 148 valence electrons. The third-order valence-electron chi connectivity index (χ3n) is 4.66. The van der Waals surface area contributed by atoms with Gasteiger partial charge in [-0.2, -0.15) is 0 Å². The van der Waals surface area contributed by atoms with E-state index in [0.29, 0.717) is 54.5 Å². The number of ketones is 1. The third kappa shape index (κ3) is 5.49. The highest BCUT2D eigenvalue weighted by atomic mass is 16.6. The number of carbonyl (C=O) groups excluding carboxylic acids is 2. The number of hydrogen-bond donors (Lipinski definition) is 2. The van der Waals surface area contributed by atoms with Gasteiger partial charge in [-0.3, -0.25) is 9.59 Å². The van der Waals surface area contributed by atoms with Gasteiger partial charge in [-0.05, 0) is 43.2 Å². The molecule has 6 nitrogen and oxygen atoms in total. The number of unbranched alkanes of at least 4 members (excludes halogenated alkanes) is 3. The molecule has 0 bridgehead atoms. The summed E-state index contributed by atoms with van der Waals surface area (Å²) in [7, 11) is 0. The summed E-state index contributed by atoms with van der Waals surface area (Å²) in [4.78, 5) is 24.3. The van der Waals surface area contributed by atoms with Gasteiger partial charge in [0.1, 0.15) is 13.2 Å². The molecule has 0 aliphatic carbocycles. The predicted molar refractivity (Wildman–Crippen MR) is 109 cm³/mol. The number of amides is 1. The second-order valence-corrected chi connectivity index (χ2v) is 6.83. The van der Waals surface area contributed by atoms with E-state index in [1.165, 1.54) is 0 Å². The number of ether oxygens (including phenoxy) is 2. The number of para-hydroxylation sites is 2. The fourth-order valence-electron chi connectivity index (χ4n) is 3.11. The first-order valence-corrected chi connectivity index (χ1v) is 9.71. The van der Waals surface area contributed by atoms with Crippen LogP contribution in [0.3, 0.4) is 0 Å². The Morgan fingerprint density at radius 3 is 2.39 bits per heavy atom. The normalized spacial score (nSPS) is 12.4. The number of rotatable bonds is 9. The lowest BCUT2D eigenvalue weighted by Gasteiger charge is -2.18. The summed E-state index contributed by atoms with van der Waals surface area (Å²) in [5.41, 5.74) is 7.69. The Morgan fingerprint density at radius 2 is 1.61 bits per heavy atom. The molecular formula is C22H26N2O4. The van der Waals surface area contributed by atoms with Crippen LogP contribution >= 0.6 is 0 Å². The zero-order valence-electron chi connectivity index (χ0n) is 15.9. The van der Waals surface area contributed by atoms with E-state index >= 15 is 0 Å². The summed E-state index contributed by atoms with van der Waals surface area (Å²) in [6, 6.07) is 12.6. The zero-order valence-corrected chi connectivity index (χ0v) is 15.9. The minimum Gasteiger partial charge on any atom is -0.486 e. The lowest BCUT2D eigenvalue weighted by Crippen LogP contribution is -2.15. The van der Waals surface area contributed by atoms with Gasteiger partial charge in [0.25, 0.3) is 0 Å². The molecule has 2 aromatic rings. The van der Waals surface area contributed by atoms with Gasteiger partial charge in [0, 0.05) is 18.4 Å². The standard InChI is InChI=1S/C22H26N2O4/c23-17-7-5-6-8-18(17)24-22(26)10-4-2-1-3-9-19(25)16-11-12-20-21(15-16)28-14-13-27-20/h5-8,11-12,15H,1-4,9-10,13-14,23H2,(H,24,26). The van der Waals surface area contributed by atoms with Crippen LogP contribution in [0.25, 0.3) is 0 Å². The zero-order chi connectivity index (χ0) is 19.8. The molecule has 1 aliphatic heterocycles. The van der Waals surface area contributed by atoms with Crippen LogP contribution in [-0.4, -0.2) is 24.9 Å². The highest BCUT2D eigenvalue weighted by Crippen LogP contribution is 2.31. The van der Waals surface area contributed by atoms with Gasteiger partial charge in [-0.25, -0.2) is 0 Å². The SMILES string of the molecule is Nc1ccccc1NC(=O)CCCCCCC(=O)c1ccc2c(c1)OCCO2. The van der Waals surface area contributed by atoms with Crippen molar-refractivity contribution >= 4 is 23.1 Å². The van der Waals surface area contributed by atoms with Gasteiger partial charge < -0.3 is 20.5 Å². The quantitative estimate of drug-likeness (QED) is 0.385. The van der Waals surface area contributed by atoms with E-state index < -0.39 is 0 Å².